The SMILES string of the molecule is C=CC[C@](C)(O)C[C@H](O)c1ccccc1.C=CC[Si]1(OC(=C)C)O[C@@H](C(C)(C)OC)[C@H](C(C)(C)OC)O1.O=Cc1ccccc1. The highest BCUT2D eigenvalue weighted by atomic mass is 28.4. The van der Waals surface area contributed by atoms with Crippen LogP contribution in [0, 0.1) is 0 Å². The Balaban J connectivity index is 0.000000376. The minimum Gasteiger partial charge on any atom is -0.505 e. The van der Waals surface area contributed by atoms with Crippen LogP contribution in [0.2, 0.25) is 6.04 Å². The number of carbonyl (C=O) groups is 1. The molecule has 1 aliphatic heterocycles. The highest BCUT2D eigenvalue weighted by Crippen LogP contribution is 2.41. The standard InChI is InChI=1S/C16H30O5Si.C13H18O2.C7H6O/c1-10-11-22(19-12(2)3)20-13(15(4,5)17-8)14(21-22)16(6,7)18-9;1-3-9-13(2,15)10-12(14)11-7-5-4-6-8-11;8-6-7-4-2-1-3-5-7/h10,13-14H,1-2,11H2,3-9H3;3-8,12,14-15H,1,9-10H2,2H3;1-6H/t13-,14-;12-,13-;/m10./s1. The first kappa shape index (κ1) is 40.1. The lowest BCUT2D eigenvalue weighted by Crippen LogP contribution is -2.53. The Morgan fingerprint density at radius 1 is 0.911 bits per heavy atom. The van der Waals surface area contributed by atoms with E-state index in [2.05, 4.69) is 19.7 Å². The van der Waals surface area contributed by atoms with E-state index in [1.807, 2.05) is 76.2 Å². The number of aliphatic hydroxyl groups excluding tert-OH is 1. The normalized spacial score (nSPS) is 19.3. The second kappa shape index (κ2) is 18.3. The van der Waals surface area contributed by atoms with Crippen molar-refractivity contribution in [3.63, 3.8) is 0 Å². The van der Waals surface area contributed by atoms with E-state index in [4.69, 9.17) is 22.8 Å². The van der Waals surface area contributed by atoms with Gasteiger partial charge in [0, 0.05) is 32.2 Å². The molecule has 2 aromatic carbocycles. The number of hydrogen-bond donors (Lipinski definition) is 2. The van der Waals surface area contributed by atoms with Crippen LogP contribution in [0.5, 0.6) is 0 Å². The summed E-state index contributed by atoms with van der Waals surface area (Å²) >= 11 is 0. The third-order valence-corrected chi connectivity index (χ3v) is 10.0. The first-order valence-corrected chi connectivity index (χ1v) is 16.9. The first-order valence-electron chi connectivity index (χ1n) is 15.0. The summed E-state index contributed by atoms with van der Waals surface area (Å²) in [4.78, 5) is 10.0. The number of methoxy groups -OCH3 is 2. The van der Waals surface area contributed by atoms with Crippen molar-refractivity contribution in [1.29, 1.82) is 0 Å². The van der Waals surface area contributed by atoms with E-state index >= 15 is 0 Å². The van der Waals surface area contributed by atoms with Crippen LogP contribution < -0.4 is 0 Å². The van der Waals surface area contributed by atoms with E-state index in [-0.39, 0.29) is 12.2 Å². The molecule has 1 heterocycles. The van der Waals surface area contributed by atoms with Gasteiger partial charge in [-0.3, -0.25) is 4.79 Å². The van der Waals surface area contributed by atoms with Crippen LogP contribution in [0.15, 0.2) is 98.3 Å². The quantitative estimate of drug-likeness (QED) is 0.0963. The lowest BCUT2D eigenvalue weighted by Gasteiger charge is -2.38. The second-order valence-electron chi connectivity index (χ2n) is 12.3. The van der Waals surface area contributed by atoms with Gasteiger partial charge in [-0.1, -0.05) is 79.4 Å². The summed E-state index contributed by atoms with van der Waals surface area (Å²) < 4.78 is 29.8. The molecule has 250 valence electrons. The van der Waals surface area contributed by atoms with Gasteiger partial charge in [-0.25, -0.2) is 0 Å². The molecule has 0 saturated carbocycles. The van der Waals surface area contributed by atoms with Gasteiger partial charge in [0.2, 0.25) is 0 Å². The van der Waals surface area contributed by atoms with E-state index in [1.54, 1.807) is 52.4 Å². The number of ether oxygens (including phenoxy) is 2. The van der Waals surface area contributed by atoms with Crippen molar-refractivity contribution < 1.29 is 37.8 Å². The Kier molecular flexibility index (Phi) is 16.3. The monoisotopic (exact) mass is 642 g/mol. The van der Waals surface area contributed by atoms with Crippen LogP contribution in [-0.4, -0.2) is 68.5 Å². The third-order valence-electron chi connectivity index (χ3n) is 7.37. The van der Waals surface area contributed by atoms with Gasteiger partial charge in [0.15, 0.2) is 0 Å². The maximum absolute atomic E-state index is 10.0. The Bertz CT molecular complexity index is 1160. The number of carbonyl (C=O) groups excluding carboxylic acids is 1. The molecule has 4 atom stereocenters. The maximum atomic E-state index is 10.0. The van der Waals surface area contributed by atoms with Crippen LogP contribution in [-0.2, 0) is 22.8 Å². The first-order chi connectivity index (χ1) is 21.0. The molecule has 2 aromatic rings. The minimum atomic E-state index is -2.95. The van der Waals surface area contributed by atoms with Gasteiger partial charge in [0.25, 0.3) is 0 Å². The lowest BCUT2D eigenvalue weighted by atomic mass is 9.87. The molecular formula is C36H54O8Si. The number of aliphatic hydroxyl groups is 2. The predicted molar refractivity (Wildman–Crippen MR) is 182 cm³/mol. The van der Waals surface area contributed by atoms with E-state index in [1.165, 1.54) is 0 Å². The fourth-order valence-corrected chi connectivity index (χ4v) is 7.45. The number of hydrogen-bond acceptors (Lipinski definition) is 8. The summed E-state index contributed by atoms with van der Waals surface area (Å²) in [5, 5.41) is 19.8. The zero-order valence-electron chi connectivity index (χ0n) is 28.3. The van der Waals surface area contributed by atoms with E-state index in [0.29, 0.717) is 24.6 Å². The van der Waals surface area contributed by atoms with Gasteiger partial charge in [-0.2, -0.15) is 0 Å². The van der Waals surface area contributed by atoms with Crippen molar-refractivity contribution in [1.82, 2.24) is 0 Å². The van der Waals surface area contributed by atoms with Crippen molar-refractivity contribution in [3.05, 3.63) is 109 Å². The molecule has 0 bridgehead atoms. The molecular weight excluding hydrogens is 588 g/mol. The topological polar surface area (TPSA) is 104 Å². The predicted octanol–water partition coefficient (Wildman–Crippen LogP) is 7.23. The summed E-state index contributed by atoms with van der Waals surface area (Å²) in [7, 11) is 0.372. The van der Waals surface area contributed by atoms with E-state index in [0.717, 1.165) is 17.4 Å². The smallest absolute Gasteiger partial charge is 0.505 e. The Morgan fingerprint density at radius 2 is 1.38 bits per heavy atom. The zero-order chi connectivity index (χ0) is 34.3. The van der Waals surface area contributed by atoms with Gasteiger partial charge < -0.3 is 33.0 Å². The van der Waals surface area contributed by atoms with Gasteiger partial charge in [0.1, 0.15) is 18.5 Å². The molecule has 0 amide bonds. The Morgan fingerprint density at radius 3 is 1.73 bits per heavy atom. The molecule has 0 aromatic heterocycles. The van der Waals surface area contributed by atoms with Crippen molar-refractivity contribution in [2.24, 2.45) is 0 Å². The number of benzene rings is 2. The van der Waals surface area contributed by atoms with E-state index < -0.39 is 31.7 Å². The largest absolute Gasteiger partial charge is 0.570 e. The molecule has 0 aliphatic carbocycles. The summed E-state index contributed by atoms with van der Waals surface area (Å²) in [6.45, 7) is 22.6. The Labute approximate surface area is 271 Å². The highest BCUT2D eigenvalue weighted by Gasteiger charge is 2.62. The van der Waals surface area contributed by atoms with Crippen LogP contribution in [0.25, 0.3) is 0 Å². The van der Waals surface area contributed by atoms with Crippen molar-refractivity contribution >= 4 is 15.1 Å². The summed E-state index contributed by atoms with van der Waals surface area (Å²) in [5.74, 6) is 0.568. The minimum absolute atomic E-state index is 0.321. The van der Waals surface area contributed by atoms with Crippen LogP contribution in [0.3, 0.4) is 0 Å². The van der Waals surface area contributed by atoms with Crippen molar-refractivity contribution in [2.75, 3.05) is 14.2 Å². The van der Waals surface area contributed by atoms with E-state index in [9.17, 15) is 15.0 Å². The Hall–Kier alpha value is -2.89. The number of rotatable bonds is 14. The molecule has 0 spiro atoms. The summed E-state index contributed by atoms with van der Waals surface area (Å²) in [6, 6.07) is 19.0. The van der Waals surface area contributed by atoms with Crippen molar-refractivity contribution in [2.45, 2.75) is 95.5 Å². The fourth-order valence-electron chi connectivity index (χ4n) is 4.55. The average molecular weight is 643 g/mol. The van der Waals surface area contributed by atoms with Gasteiger partial charge >= 0.3 is 8.80 Å². The summed E-state index contributed by atoms with van der Waals surface area (Å²) in [5.41, 5.74) is -0.421. The van der Waals surface area contributed by atoms with Crippen LogP contribution >= 0.6 is 0 Å². The molecule has 8 nitrogen and oxygen atoms in total. The fraction of sp³-hybridized carbons (Fsp3) is 0.472. The third kappa shape index (κ3) is 13.2. The molecule has 3 rings (SSSR count). The average Bonchev–Trinajstić information content (AvgIpc) is 3.39. The van der Waals surface area contributed by atoms with Crippen LogP contribution in [0.4, 0.5) is 0 Å². The van der Waals surface area contributed by atoms with Crippen molar-refractivity contribution in [3.8, 4) is 0 Å². The highest BCUT2D eigenvalue weighted by molar-refractivity contribution is 6.62. The molecule has 0 unspecified atom stereocenters. The zero-order valence-corrected chi connectivity index (χ0v) is 29.3. The summed E-state index contributed by atoms with van der Waals surface area (Å²) in [6.07, 6.45) is 3.80. The molecule has 1 aliphatic rings. The molecule has 45 heavy (non-hydrogen) atoms. The maximum Gasteiger partial charge on any atom is 0.570 e. The van der Waals surface area contributed by atoms with Gasteiger partial charge in [-0.15, -0.1) is 13.2 Å². The van der Waals surface area contributed by atoms with Crippen LogP contribution in [0.1, 0.15) is 76.4 Å². The number of allylic oxidation sites excluding steroid dienone is 2. The second-order valence-corrected chi connectivity index (χ2v) is 14.8. The lowest BCUT2D eigenvalue weighted by molar-refractivity contribution is -0.132. The molecule has 0 radical (unpaired) electrons. The molecule has 9 heteroatoms. The molecule has 1 fully saturated rings. The molecule has 2 N–H and O–H groups in total. The molecule has 1 saturated heterocycles. The van der Waals surface area contributed by atoms with Gasteiger partial charge in [0.05, 0.1) is 28.7 Å². The number of aldehydes is 1. The van der Waals surface area contributed by atoms with Gasteiger partial charge in [-0.05, 0) is 53.5 Å².